The molecule has 3 nitrogen and oxygen atoms in total. The maximum atomic E-state index is 10.8. The van der Waals surface area contributed by atoms with E-state index >= 15 is 0 Å². The smallest absolute Gasteiger partial charge is 0.151 e. The number of aromatic nitrogens is 1. The van der Waals surface area contributed by atoms with Crippen molar-refractivity contribution in [3.8, 4) is 11.5 Å². The van der Waals surface area contributed by atoms with Crippen LogP contribution in [0.1, 0.15) is 10.4 Å². The number of nitrogens with zero attached hydrogens (tertiary/aromatic N) is 1. The lowest BCUT2D eigenvalue weighted by Gasteiger charge is -2.07. The van der Waals surface area contributed by atoms with E-state index in [9.17, 15) is 4.79 Å². The molecule has 0 saturated heterocycles. The van der Waals surface area contributed by atoms with Crippen molar-refractivity contribution in [3.63, 3.8) is 0 Å². The second-order valence-corrected chi connectivity index (χ2v) is 5.12. The van der Waals surface area contributed by atoms with Crippen molar-refractivity contribution >= 4 is 33.1 Å². The van der Waals surface area contributed by atoms with Gasteiger partial charge in [-0.05, 0) is 46.3 Å². The minimum atomic E-state index is 0.592. The minimum absolute atomic E-state index is 0.592. The average molecular weight is 328 g/mol. The second kappa shape index (κ2) is 5.43. The van der Waals surface area contributed by atoms with Gasteiger partial charge >= 0.3 is 0 Å². The average Bonchev–Trinajstić information content (AvgIpc) is 2.47. The lowest BCUT2D eigenvalue weighted by Crippen LogP contribution is -1.88. The fourth-order valence-corrected chi connectivity index (χ4v) is 2.36. The molecule has 1 heterocycles. The Morgan fingerprint density at radius 3 is 2.70 bits per heavy atom. The van der Waals surface area contributed by atoms with Gasteiger partial charge in [-0.3, -0.25) is 9.78 Å². The number of hydrogen-bond acceptors (Lipinski definition) is 3. The zero-order chi connectivity index (χ0) is 13.9. The van der Waals surface area contributed by atoms with E-state index in [1.807, 2.05) is 30.3 Å². The van der Waals surface area contributed by atoms with Crippen molar-refractivity contribution in [2.75, 3.05) is 0 Å². The first-order valence-corrected chi connectivity index (χ1v) is 6.83. The Balaban J connectivity index is 1.92. The number of benzene rings is 2. The van der Waals surface area contributed by atoms with Gasteiger partial charge in [0.1, 0.15) is 11.5 Å². The number of pyridine rings is 1. The molecule has 3 aromatic rings. The fraction of sp³-hybridized carbons (Fsp3) is 0. The number of para-hydroxylation sites is 1. The summed E-state index contributed by atoms with van der Waals surface area (Å²) in [5.74, 6) is 1.31. The molecule has 0 fully saturated rings. The molecular formula is C16H10BrNO2. The van der Waals surface area contributed by atoms with Gasteiger partial charge in [0.05, 0.1) is 11.7 Å². The molecule has 2 aromatic carbocycles. The highest BCUT2D eigenvalue weighted by atomic mass is 79.9. The maximum Gasteiger partial charge on any atom is 0.151 e. The van der Waals surface area contributed by atoms with Gasteiger partial charge in [0.25, 0.3) is 0 Å². The van der Waals surface area contributed by atoms with Crippen LogP contribution in [0, 0.1) is 0 Å². The third-order valence-electron chi connectivity index (χ3n) is 2.90. The number of ether oxygens (including phenoxy) is 1. The molecule has 0 radical (unpaired) electrons. The molecule has 0 unspecified atom stereocenters. The maximum absolute atomic E-state index is 10.8. The van der Waals surface area contributed by atoms with Gasteiger partial charge in [0, 0.05) is 15.4 Å². The third-order valence-corrected chi connectivity index (χ3v) is 3.59. The van der Waals surface area contributed by atoms with Crippen molar-refractivity contribution in [3.05, 3.63) is 64.8 Å². The van der Waals surface area contributed by atoms with Crippen LogP contribution in [0.2, 0.25) is 0 Å². The van der Waals surface area contributed by atoms with E-state index in [1.165, 1.54) is 0 Å². The topological polar surface area (TPSA) is 39.2 Å². The summed E-state index contributed by atoms with van der Waals surface area (Å²) in [6.07, 6.45) is 2.48. The van der Waals surface area contributed by atoms with Crippen LogP contribution in [-0.4, -0.2) is 11.3 Å². The molecule has 0 aliphatic carbocycles. The van der Waals surface area contributed by atoms with Gasteiger partial charge in [0.15, 0.2) is 6.29 Å². The summed E-state index contributed by atoms with van der Waals surface area (Å²) in [5.41, 5.74) is 1.52. The Labute approximate surface area is 124 Å². The molecular weight excluding hydrogens is 318 g/mol. The van der Waals surface area contributed by atoms with E-state index in [-0.39, 0.29) is 0 Å². The molecule has 0 spiro atoms. The van der Waals surface area contributed by atoms with Crippen LogP contribution in [0.3, 0.4) is 0 Å². The van der Waals surface area contributed by atoms with Gasteiger partial charge in [-0.2, -0.15) is 0 Å². The largest absolute Gasteiger partial charge is 0.456 e. The quantitative estimate of drug-likeness (QED) is 0.660. The van der Waals surface area contributed by atoms with Crippen LogP contribution in [0.4, 0.5) is 0 Å². The molecule has 0 aliphatic rings. The standard InChI is InChI=1S/C16H10BrNO2/c17-15-8-13(6-5-12(15)10-19)20-14-7-11-3-1-2-4-16(11)18-9-14/h1-10H. The Morgan fingerprint density at radius 2 is 1.90 bits per heavy atom. The predicted octanol–water partition coefficient (Wildman–Crippen LogP) is 4.60. The first-order valence-electron chi connectivity index (χ1n) is 6.03. The molecule has 20 heavy (non-hydrogen) atoms. The van der Waals surface area contributed by atoms with Crippen LogP contribution in [-0.2, 0) is 0 Å². The molecule has 0 N–H and O–H groups in total. The summed E-state index contributed by atoms with van der Waals surface area (Å²) in [7, 11) is 0. The summed E-state index contributed by atoms with van der Waals surface area (Å²) < 4.78 is 6.47. The highest BCUT2D eigenvalue weighted by molar-refractivity contribution is 9.10. The molecule has 0 aliphatic heterocycles. The summed E-state index contributed by atoms with van der Waals surface area (Å²) >= 11 is 3.33. The lowest BCUT2D eigenvalue weighted by molar-refractivity contribution is 0.112. The zero-order valence-electron chi connectivity index (χ0n) is 10.4. The van der Waals surface area contributed by atoms with Crippen molar-refractivity contribution in [2.45, 2.75) is 0 Å². The summed E-state index contributed by atoms with van der Waals surface area (Å²) in [6, 6.07) is 15.0. The molecule has 0 bridgehead atoms. The van der Waals surface area contributed by atoms with Crippen LogP contribution in [0.5, 0.6) is 11.5 Å². The van der Waals surface area contributed by atoms with Crippen LogP contribution >= 0.6 is 15.9 Å². The van der Waals surface area contributed by atoms with E-state index in [0.717, 1.165) is 17.2 Å². The fourth-order valence-electron chi connectivity index (χ4n) is 1.91. The molecule has 3 rings (SSSR count). The Bertz CT molecular complexity index is 786. The highest BCUT2D eigenvalue weighted by Crippen LogP contribution is 2.27. The van der Waals surface area contributed by atoms with E-state index in [1.54, 1.807) is 24.4 Å². The van der Waals surface area contributed by atoms with E-state index in [0.29, 0.717) is 21.5 Å². The van der Waals surface area contributed by atoms with E-state index in [2.05, 4.69) is 20.9 Å². The SMILES string of the molecule is O=Cc1ccc(Oc2cnc3ccccc3c2)cc1Br. The summed E-state index contributed by atoms with van der Waals surface area (Å²) in [4.78, 5) is 15.1. The van der Waals surface area contributed by atoms with Gasteiger partial charge < -0.3 is 4.74 Å². The van der Waals surface area contributed by atoms with Crippen LogP contribution in [0.25, 0.3) is 10.9 Å². The number of hydrogen-bond donors (Lipinski definition) is 0. The zero-order valence-corrected chi connectivity index (χ0v) is 12.0. The van der Waals surface area contributed by atoms with Gasteiger partial charge in [-0.25, -0.2) is 0 Å². The lowest BCUT2D eigenvalue weighted by atomic mass is 10.2. The number of halogens is 1. The number of carbonyl (C=O) groups is 1. The predicted molar refractivity (Wildman–Crippen MR) is 81.3 cm³/mol. The van der Waals surface area contributed by atoms with Crippen molar-refractivity contribution in [1.82, 2.24) is 4.98 Å². The van der Waals surface area contributed by atoms with Crippen LogP contribution in [0.15, 0.2) is 59.2 Å². The first-order chi connectivity index (χ1) is 9.76. The monoisotopic (exact) mass is 327 g/mol. The normalized spacial score (nSPS) is 10.4. The Kier molecular flexibility index (Phi) is 3.48. The van der Waals surface area contributed by atoms with E-state index < -0.39 is 0 Å². The molecule has 1 aromatic heterocycles. The number of aldehydes is 1. The molecule has 0 atom stereocenters. The van der Waals surface area contributed by atoms with Crippen molar-refractivity contribution in [1.29, 1.82) is 0 Å². The molecule has 0 amide bonds. The van der Waals surface area contributed by atoms with Gasteiger partial charge in [-0.1, -0.05) is 18.2 Å². The molecule has 0 saturated carbocycles. The molecule has 4 heteroatoms. The van der Waals surface area contributed by atoms with Crippen LogP contribution < -0.4 is 4.74 Å². The first kappa shape index (κ1) is 12.8. The van der Waals surface area contributed by atoms with E-state index in [4.69, 9.17) is 4.74 Å². The Hall–Kier alpha value is -2.20. The Morgan fingerprint density at radius 1 is 1.05 bits per heavy atom. The number of carbonyl (C=O) groups excluding carboxylic acids is 1. The minimum Gasteiger partial charge on any atom is -0.456 e. The number of fused-ring (bicyclic) bond motifs is 1. The third kappa shape index (κ3) is 2.56. The molecule has 98 valence electrons. The summed E-state index contributed by atoms with van der Waals surface area (Å²) in [6.45, 7) is 0. The van der Waals surface area contributed by atoms with Crippen molar-refractivity contribution in [2.24, 2.45) is 0 Å². The van der Waals surface area contributed by atoms with Crippen molar-refractivity contribution < 1.29 is 9.53 Å². The summed E-state index contributed by atoms with van der Waals surface area (Å²) in [5, 5.41) is 1.02. The number of rotatable bonds is 3. The second-order valence-electron chi connectivity index (χ2n) is 4.27. The van der Waals surface area contributed by atoms with Gasteiger partial charge in [-0.15, -0.1) is 0 Å². The highest BCUT2D eigenvalue weighted by Gasteiger charge is 2.04. The van der Waals surface area contributed by atoms with Gasteiger partial charge in [0.2, 0.25) is 0 Å².